The van der Waals surface area contributed by atoms with Gasteiger partial charge in [-0.3, -0.25) is 4.90 Å². The Morgan fingerprint density at radius 2 is 2.11 bits per heavy atom. The SMILES string of the molecule is O=C(OCc1ccccc1)N1C(O)CCC2CC21. The maximum Gasteiger partial charge on any atom is 0.412 e. The molecular formula is C14H17NO3. The summed E-state index contributed by atoms with van der Waals surface area (Å²) >= 11 is 0. The number of rotatable bonds is 2. The first-order valence-electron chi connectivity index (χ1n) is 6.43. The van der Waals surface area contributed by atoms with E-state index in [2.05, 4.69) is 0 Å². The molecule has 0 aromatic heterocycles. The zero-order valence-electron chi connectivity index (χ0n) is 10.2. The number of benzene rings is 1. The minimum Gasteiger partial charge on any atom is -0.444 e. The lowest BCUT2D eigenvalue weighted by molar-refractivity contribution is -0.0283. The van der Waals surface area contributed by atoms with Crippen LogP contribution in [0, 0.1) is 5.92 Å². The van der Waals surface area contributed by atoms with Crippen molar-refractivity contribution in [1.29, 1.82) is 0 Å². The maximum atomic E-state index is 12.0. The topological polar surface area (TPSA) is 49.8 Å². The number of hydrogen-bond donors (Lipinski definition) is 1. The van der Waals surface area contributed by atoms with Gasteiger partial charge in [0.05, 0.1) is 0 Å². The molecule has 1 heterocycles. The van der Waals surface area contributed by atoms with Crippen LogP contribution in [0.5, 0.6) is 0 Å². The summed E-state index contributed by atoms with van der Waals surface area (Å²) < 4.78 is 5.26. The highest BCUT2D eigenvalue weighted by Gasteiger charge is 2.50. The third-order valence-corrected chi connectivity index (χ3v) is 3.78. The van der Waals surface area contributed by atoms with E-state index in [-0.39, 0.29) is 12.6 Å². The quantitative estimate of drug-likeness (QED) is 0.871. The van der Waals surface area contributed by atoms with Crippen LogP contribution in [0.1, 0.15) is 24.8 Å². The van der Waals surface area contributed by atoms with Gasteiger partial charge < -0.3 is 9.84 Å². The van der Waals surface area contributed by atoms with Crippen LogP contribution in [0.25, 0.3) is 0 Å². The molecule has 1 N–H and O–H groups in total. The van der Waals surface area contributed by atoms with Crippen molar-refractivity contribution in [3.8, 4) is 0 Å². The van der Waals surface area contributed by atoms with Gasteiger partial charge in [-0.15, -0.1) is 0 Å². The Hall–Kier alpha value is -1.55. The van der Waals surface area contributed by atoms with Crippen molar-refractivity contribution in [2.24, 2.45) is 5.92 Å². The monoisotopic (exact) mass is 247 g/mol. The largest absolute Gasteiger partial charge is 0.444 e. The van der Waals surface area contributed by atoms with Gasteiger partial charge in [0.1, 0.15) is 12.8 Å². The van der Waals surface area contributed by atoms with E-state index in [1.54, 1.807) is 0 Å². The van der Waals surface area contributed by atoms with Gasteiger partial charge in [-0.25, -0.2) is 4.79 Å². The molecule has 3 unspecified atom stereocenters. The Balaban J connectivity index is 1.58. The third kappa shape index (κ3) is 2.20. The lowest BCUT2D eigenvalue weighted by Gasteiger charge is -2.31. The molecule has 1 aromatic rings. The number of piperidine rings is 1. The average Bonchev–Trinajstić information content (AvgIpc) is 3.16. The molecule has 3 atom stereocenters. The summed E-state index contributed by atoms with van der Waals surface area (Å²) in [6, 6.07) is 9.79. The van der Waals surface area contributed by atoms with E-state index in [9.17, 15) is 9.90 Å². The van der Waals surface area contributed by atoms with Gasteiger partial charge in [0.15, 0.2) is 0 Å². The minimum atomic E-state index is -0.669. The lowest BCUT2D eigenvalue weighted by atomic mass is 10.1. The number of fused-ring (bicyclic) bond motifs is 1. The minimum absolute atomic E-state index is 0.206. The first-order chi connectivity index (χ1) is 8.75. The molecule has 1 aliphatic heterocycles. The predicted octanol–water partition coefficient (Wildman–Crippen LogP) is 2.13. The molecule has 4 nitrogen and oxygen atoms in total. The number of carbonyl (C=O) groups excluding carboxylic acids is 1. The zero-order chi connectivity index (χ0) is 12.5. The fourth-order valence-corrected chi connectivity index (χ4v) is 2.66. The predicted molar refractivity (Wildman–Crippen MR) is 65.6 cm³/mol. The van der Waals surface area contributed by atoms with Crippen molar-refractivity contribution in [2.75, 3.05) is 0 Å². The van der Waals surface area contributed by atoms with Gasteiger partial charge in [0.25, 0.3) is 0 Å². The molecule has 4 heteroatoms. The molecule has 0 radical (unpaired) electrons. The Bertz CT molecular complexity index is 432. The van der Waals surface area contributed by atoms with Crippen molar-refractivity contribution in [3.63, 3.8) is 0 Å². The molecule has 2 aliphatic rings. The Kier molecular flexibility index (Phi) is 2.96. The van der Waals surface area contributed by atoms with E-state index in [1.807, 2.05) is 30.3 Å². The Morgan fingerprint density at radius 1 is 1.33 bits per heavy atom. The van der Waals surface area contributed by atoms with Crippen LogP contribution in [0.2, 0.25) is 0 Å². The van der Waals surface area contributed by atoms with Gasteiger partial charge >= 0.3 is 6.09 Å². The zero-order valence-corrected chi connectivity index (χ0v) is 10.2. The molecule has 0 bridgehead atoms. The standard InChI is InChI=1S/C14H17NO3/c16-13-7-6-11-8-12(11)15(13)14(17)18-9-10-4-2-1-3-5-10/h1-5,11-13,16H,6-9H2. The summed E-state index contributed by atoms with van der Waals surface area (Å²) in [6.07, 6.45) is 1.64. The Labute approximate surface area is 106 Å². The van der Waals surface area contributed by atoms with Crippen LogP contribution in [0.3, 0.4) is 0 Å². The van der Waals surface area contributed by atoms with Crippen molar-refractivity contribution in [1.82, 2.24) is 4.90 Å². The molecular weight excluding hydrogens is 230 g/mol. The van der Waals surface area contributed by atoms with Crippen molar-refractivity contribution < 1.29 is 14.6 Å². The highest BCUT2D eigenvalue weighted by molar-refractivity contribution is 5.69. The van der Waals surface area contributed by atoms with Gasteiger partial charge in [-0.2, -0.15) is 0 Å². The molecule has 2 fully saturated rings. The Morgan fingerprint density at radius 3 is 2.89 bits per heavy atom. The second-order valence-electron chi connectivity index (χ2n) is 5.07. The molecule has 1 amide bonds. The number of amides is 1. The summed E-state index contributed by atoms with van der Waals surface area (Å²) in [5.74, 6) is 0.581. The molecule has 1 saturated heterocycles. The second-order valence-corrected chi connectivity index (χ2v) is 5.07. The van der Waals surface area contributed by atoms with E-state index < -0.39 is 12.3 Å². The summed E-state index contributed by atoms with van der Waals surface area (Å²) in [5, 5.41) is 9.86. The number of likely N-dealkylation sites (tertiary alicyclic amines) is 1. The van der Waals surface area contributed by atoms with Gasteiger partial charge in [-0.05, 0) is 30.7 Å². The average molecular weight is 247 g/mol. The smallest absolute Gasteiger partial charge is 0.412 e. The van der Waals surface area contributed by atoms with E-state index in [0.717, 1.165) is 18.4 Å². The van der Waals surface area contributed by atoms with Crippen LogP contribution >= 0.6 is 0 Å². The maximum absolute atomic E-state index is 12.0. The fourth-order valence-electron chi connectivity index (χ4n) is 2.66. The fraction of sp³-hybridized carbons (Fsp3) is 0.500. The first kappa shape index (κ1) is 11.5. The van der Waals surface area contributed by atoms with Gasteiger partial charge in [0, 0.05) is 6.04 Å². The summed E-state index contributed by atoms with van der Waals surface area (Å²) in [4.78, 5) is 13.5. The summed E-state index contributed by atoms with van der Waals surface area (Å²) in [5.41, 5.74) is 0.963. The molecule has 0 spiro atoms. The highest BCUT2D eigenvalue weighted by atomic mass is 16.6. The van der Waals surface area contributed by atoms with E-state index in [4.69, 9.17) is 4.74 Å². The van der Waals surface area contributed by atoms with E-state index >= 15 is 0 Å². The number of aliphatic hydroxyl groups excluding tert-OH is 1. The second kappa shape index (κ2) is 4.61. The molecule has 3 rings (SSSR count). The third-order valence-electron chi connectivity index (χ3n) is 3.78. The molecule has 96 valence electrons. The summed E-state index contributed by atoms with van der Waals surface area (Å²) in [7, 11) is 0. The van der Waals surface area contributed by atoms with E-state index in [0.29, 0.717) is 12.3 Å². The van der Waals surface area contributed by atoms with Crippen LogP contribution in [0.15, 0.2) is 30.3 Å². The van der Waals surface area contributed by atoms with E-state index in [1.165, 1.54) is 4.90 Å². The highest BCUT2D eigenvalue weighted by Crippen LogP contribution is 2.45. The molecule has 1 aliphatic carbocycles. The first-order valence-corrected chi connectivity index (χ1v) is 6.43. The van der Waals surface area contributed by atoms with Crippen LogP contribution in [-0.2, 0) is 11.3 Å². The lowest BCUT2D eigenvalue weighted by Crippen LogP contribution is -2.45. The number of ether oxygens (including phenoxy) is 1. The molecule has 1 aromatic carbocycles. The van der Waals surface area contributed by atoms with Gasteiger partial charge in [-0.1, -0.05) is 30.3 Å². The van der Waals surface area contributed by atoms with Crippen molar-refractivity contribution in [3.05, 3.63) is 35.9 Å². The van der Waals surface area contributed by atoms with Gasteiger partial charge in [0.2, 0.25) is 0 Å². The van der Waals surface area contributed by atoms with Crippen LogP contribution in [-0.4, -0.2) is 28.4 Å². The number of nitrogens with zero attached hydrogens (tertiary/aromatic N) is 1. The van der Waals surface area contributed by atoms with Crippen molar-refractivity contribution >= 4 is 6.09 Å². The van der Waals surface area contributed by atoms with Crippen LogP contribution in [0.4, 0.5) is 4.79 Å². The van der Waals surface area contributed by atoms with Crippen LogP contribution < -0.4 is 0 Å². The molecule has 1 saturated carbocycles. The number of hydrogen-bond acceptors (Lipinski definition) is 3. The normalized spacial score (nSPS) is 29.6. The van der Waals surface area contributed by atoms with Crippen molar-refractivity contribution in [2.45, 2.75) is 38.1 Å². The summed E-state index contributed by atoms with van der Waals surface area (Å²) in [6.45, 7) is 0.264. The number of aliphatic hydroxyl groups is 1. The number of carbonyl (C=O) groups is 1. The molecule has 18 heavy (non-hydrogen) atoms.